The third-order valence-corrected chi connectivity index (χ3v) is 3.23. The molecule has 0 radical (unpaired) electrons. The molecule has 0 saturated heterocycles. The lowest BCUT2D eigenvalue weighted by Gasteiger charge is -2.19. The van der Waals surface area contributed by atoms with Crippen molar-refractivity contribution in [3.63, 3.8) is 0 Å². The first kappa shape index (κ1) is 14.8. The molecule has 0 amide bonds. The van der Waals surface area contributed by atoms with Crippen molar-refractivity contribution in [1.29, 1.82) is 0 Å². The van der Waals surface area contributed by atoms with Crippen molar-refractivity contribution in [3.8, 4) is 5.75 Å². The number of nitrogens with one attached hydrogen (secondary N) is 1. The van der Waals surface area contributed by atoms with Crippen LogP contribution in [0.3, 0.4) is 0 Å². The van der Waals surface area contributed by atoms with E-state index in [1.54, 1.807) is 19.5 Å². The number of ether oxygens (including phenoxy) is 2. The lowest BCUT2D eigenvalue weighted by molar-refractivity contribution is -0.141. The van der Waals surface area contributed by atoms with E-state index in [0.29, 0.717) is 0 Å². The second-order valence-corrected chi connectivity index (χ2v) is 4.56. The number of rotatable bonds is 5. The van der Waals surface area contributed by atoms with E-state index >= 15 is 0 Å². The van der Waals surface area contributed by atoms with Gasteiger partial charge in [-0.2, -0.15) is 0 Å². The van der Waals surface area contributed by atoms with Gasteiger partial charge in [-0.05, 0) is 42.8 Å². The molecule has 0 spiro atoms. The van der Waals surface area contributed by atoms with Crippen molar-refractivity contribution in [2.75, 3.05) is 19.5 Å². The summed E-state index contributed by atoms with van der Waals surface area (Å²) in [4.78, 5) is 16.1. The van der Waals surface area contributed by atoms with Crippen molar-refractivity contribution in [1.82, 2.24) is 4.98 Å². The number of methoxy groups -OCH3 is 2. The predicted octanol–water partition coefficient (Wildman–Crippen LogP) is 2.72. The molecule has 1 heterocycles. The molecular weight excluding hydrogens is 268 g/mol. The van der Waals surface area contributed by atoms with Crippen molar-refractivity contribution in [2.24, 2.45) is 0 Å². The van der Waals surface area contributed by atoms with Crippen molar-refractivity contribution >= 4 is 11.7 Å². The van der Waals surface area contributed by atoms with E-state index in [4.69, 9.17) is 9.47 Å². The fourth-order valence-corrected chi connectivity index (χ4v) is 2.01. The van der Waals surface area contributed by atoms with E-state index in [-0.39, 0.29) is 5.97 Å². The van der Waals surface area contributed by atoms with Crippen LogP contribution in [0.15, 0.2) is 42.7 Å². The normalized spacial score (nSPS) is 11.6. The summed E-state index contributed by atoms with van der Waals surface area (Å²) < 4.78 is 10.0. The van der Waals surface area contributed by atoms with Crippen LogP contribution in [-0.4, -0.2) is 25.2 Å². The Morgan fingerprint density at radius 3 is 2.48 bits per heavy atom. The molecule has 5 heteroatoms. The molecule has 1 atom stereocenters. The number of nitrogens with zero attached hydrogens (tertiary/aromatic N) is 1. The molecule has 1 aromatic carbocycles. The number of hydrogen-bond donors (Lipinski definition) is 1. The molecule has 0 aliphatic heterocycles. The van der Waals surface area contributed by atoms with Gasteiger partial charge in [-0.25, -0.2) is 4.79 Å². The van der Waals surface area contributed by atoms with Gasteiger partial charge in [0.2, 0.25) is 0 Å². The molecule has 21 heavy (non-hydrogen) atoms. The first-order chi connectivity index (χ1) is 10.2. The highest BCUT2D eigenvalue weighted by Crippen LogP contribution is 2.24. The SMILES string of the molecule is COC(=O)C(Nc1ccc(OC)cc1)c1cnccc1C. The number of carbonyl (C=O) groups is 1. The predicted molar refractivity (Wildman–Crippen MR) is 80.3 cm³/mol. The van der Waals surface area contributed by atoms with Gasteiger partial charge < -0.3 is 14.8 Å². The lowest BCUT2D eigenvalue weighted by Crippen LogP contribution is -2.23. The first-order valence-corrected chi connectivity index (χ1v) is 6.54. The summed E-state index contributed by atoms with van der Waals surface area (Å²) in [7, 11) is 2.98. The summed E-state index contributed by atoms with van der Waals surface area (Å²) in [6.45, 7) is 1.93. The minimum Gasteiger partial charge on any atom is -0.497 e. The van der Waals surface area contributed by atoms with Gasteiger partial charge in [-0.3, -0.25) is 4.98 Å². The third kappa shape index (κ3) is 3.51. The highest BCUT2D eigenvalue weighted by Gasteiger charge is 2.23. The lowest BCUT2D eigenvalue weighted by atomic mass is 10.0. The van der Waals surface area contributed by atoms with Gasteiger partial charge in [-0.1, -0.05) is 0 Å². The van der Waals surface area contributed by atoms with E-state index in [0.717, 1.165) is 22.6 Å². The summed E-state index contributed by atoms with van der Waals surface area (Å²) in [5.41, 5.74) is 2.57. The summed E-state index contributed by atoms with van der Waals surface area (Å²) in [5, 5.41) is 3.17. The van der Waals surface area contributed by atoms with Crippen LogP contribution in [0.1, 0.15) is 17.2 Å². The van der Waals surface area contributed by atoms with Gasteiger partial charge in [0.05, 0.1) is 14.2 Å². The maximum absolute atomic E-state index is 12.1. The molecule has 0 bridgehead atoms. The summed E-state index contributed by atoms with van der Waals surface area (Å²) in [6, 6.07) is 8.61. The topological polar surface area (TPSA) is 60.5 Å². The van der Waals surface area contributed by atoms with E-state index in [1.165, 1.54) is 7.11 Å². The van der Waals surface area contributed by atoms with Gasteiger partial charge in [0.15, 0.2) is 6.04 Å². The van der Waals surface area contributed by atoms with Crippen LogP contribution in [0.4, 0.5) is 5.69 Å². The fourth-order valence-electron chi connectivity index (χ4n) is 2.01. The largest absolute Gasteiger partial charge is 0.497 e. The monoisotopic (exact) mass is 286 g/mol. The molecule has 1 aromatic heterocycles. The number of hydrogen-bond acceptors (Lipinski definition) is 5. The molecule has 110 valence electrons. The van der Waals surface area contributed by atoms with Crippen molar-refractivity contribution in [2.45, 2.75) is 13.0 Å². The van der Waals surface area contributed by atoms with Gasteiger partial charge >= 0.3 is 5.97 Å². The standard InChI is InChI=1S/C16H18N2O3/c1-11-8-9-17-10-14(11)15(16(19)21-3)18-12-4-6-13(20-2)7-5-12/h4-10,15,18H,1-3H3. The van der Waals surface area contributed by atoms with Crippen LogP contribution in [0.25, 0.3) is 0 Å². The smallest absolute Gasteiger partial charge is 0.333 e. The molecule has 5 nitrogen and oxygen atoms in total. The van der Waals surface area contributed by atoms with Gasteiger partial charge in [-0.15, -0.1) is 0 Å². The maximum Gasteiger partial charge on any atom is 0.333 e. The molecule has 1 unspecified atom stereocenters. The second kappa shape index (κ2) is 6.74. The van der Waals surface area contributed by atoms with E-state index in [9.17, 15) is 4.79 Å². The Morgan fingerprint density at radius 2 is 1.90 bits per heavy atom. The zero-order valence-electron chi connectivity index (χ0n) is 12.3. The molecule has 1 N–H and O–H groups in total. The van der Waals surface area contributed by atoms with Crippen LogP contribution >= 0.6 is 0 Å². The Bertz CT molecular complexity index is 611. The molecule has 0 aliphatic rings. The van der Waals surface area contributed by atoms with Crippen molar-refractivity contribution < 1.29 is 14.3 Å². The Labute approximate surface area is 123 Å². The zero-order valence-corrected chi connectivity index (χ0v) is 12.3. The van der Waals surface area contributed by atoms with Crippen LogP contribution < -0.4 is 10.1 Å². The van der Waals surface area contributed by atoms with Crippen LogP contribution in [0.5, 0.6) is 5.75 Å². The minimum atomic E-state index is -0.600. The number of benzene rings is 1. The van der Waals surface area contributed by atoms with E-state index < -0.39 is 6.04 Å². The fraction of sp³-hybridized carbons (Fsp3) is 0.250. The van der Waals surface area contributed by atoms with Crippen LogP contribution in [0, 0.1) is 6.92 Å². The quantitative estimate of drug-likeness (QED) is 0.856. The molecule has 0 saturated carbocycles. The minimum absolute atomic E-state index is 0.359. The number of aryl methyl sites for hydroxylation is 1. The Kier molecular flexibility index (Phi) is 4.77. The Hall–Kier alpha value is -2.56. The van der Waals surface area contributed by atoms with Crippen LogP contribution in [-0.2, 0) is 9.53 Å². The van der Waals surface area contributed by atoms with E-state index in [2.05, 4.69) is 10.3 Å². The highest BCUT2D eigenvalue weighted by atomic mass is 16.5. The highest BCUT2D eigenvalue weighted by molar-refractivity contribution is 5.81. The van der Waals surface area contributed by atoms with Crippen molar-refractivity contribution in [3.05, 3.63) is 53.9 Å². The zero-order chi connectivity index (χ0) is 15.2. The second-order valence-electron chi connectivity index (χ2n) is 4.56. The van der Waals surface area contributed by atoms with E-state index in [1.807, 2.05) is 37.3 Å². The van der Waals surface area contributed by atoms with Crippen LogP contribution in [0.2, 0.25) is 0 Å². The average Bonchev–Trinajstić information content (AvgIpc) is 2.53. The summed E-state index contributed by atoms with van der Waals surface area (Å²) in [6.07, 6.45) is 3.37. The molecular formula is C16H18N2O3. The molecule has 0 fully saturated rings. The first-order valence-electron chi connectivity index (χ1n) is 6.54. The number of esters is 1. The number of carbonyl (C=O) groups excluding carboxylic acids is 1. The van der Waals surface area contributed by atoms with Gasteiger partial charge in [0.1, 0.15) is 5.75 Å². The third-order valence-electron chi connectivity index (χ3n) is 3.23. The molecule has 2 rings (SSSR count). The molecule has 2 aromatic rings. The number of anilines is 1. The van der Waals surface area contributed by atoms with Gasteiger partial charge in [0.25, 0.3) is 0 Å². The number of aromatic nitrogens is 1. The summed E-state index contributed by atoms with van der Waals surface area (Å²) >= 11 is 0. The molecule has 0 aliphatic carbocycles. The average molecular weight is 286 g/mol. The Balaban J connectivity index is 2.28. The Morgan fingerprint density at radius 1 is 1.19 bits per heavy atom. The number of pyridine rings is 1. The maximum atomic E-state index is 12.1. The van der Waals surface area contributed by atoms with Gasteiger partial charge in [0, 0.05) is 23.6 Å². The summed E-state index contributed by atoms with van der Waals surface area (Å²) in [5.74, 6) is 0.398.